The van der Waals surface area contributed by atoms with Gasteiger partial charge in [-0.2, -0.15) is 0 Å². The lowest BCUT2D eigenvalue weighted by Crippen LogP contribution is -2.27. The Hall–Kier alpha value is -2.17. The molecule has 0 saturated carbocycles. The summed E-state index contributed by atoms with van der Waals surface area (Å²) in [6.07, 6.45) is 0. The Morgan fingerprint density at radius 2 is 1.94 bits per heavy atom. The van der Waals surface area contributed by atoms with Crippen LogP contribution in [0.15, 0.2) is 29.1 Å². The largest absolute Gasteiger partial charge is 0.459 e. The van der Waals surface area contributed by atoms with Gasteiger partial charge in [0, 0.05) is 0 Å². The van der Waals surface area contributed by atoms with Crippen molar-refractivity contribution in [2.75, 3.05) is 11.9 Å². The van der Waals surface area contributed by atoms with E-state index in [1.54, 1.807) is 32.0 Å². The zero-order chi connectivity index (χ0) is 12.8. The zero-order valence-corrected chi connectivity index (χ0v) is 9.65. The van der Waals surface area contributed by atoms with Gasteiger partial charge in [-0.25, -0.2) is 4.79 Å². The lowest BCUT2D eigenvalue weighted by atomic mass is 10.2. The van der Waals surface area contributed by atoms with E-state index in [1.807, 2.05) is 0 Å². The SMILES string of the molecule is CCOC(=O)C(=O)Nc1c(C)ccccc1=O. The van der Waals surface area contributed by atoms with Gasteiger partial charge in [0.2, 0.25) is 5.43 Å². The van der Waals surface area contributed by atoms with E-state index in [0.717, 1.165) is 0 Å². The number of nitrogens with one attached hydrogen (secondary N) is 1. The van der Waals surface area contributed by atoms with Gasteiger partial charge in [0.15, 0.2) is 0 Å². The van der Waals surface area contributed by atoms with Crippen LogP contribution in [0.25, 0.3) is 0 Å². The highest BCUT2D eigenvalue weighted by Crippen LogP contribution is 2.06. The lowest BCUT2D eigenvalue weighted by molar-refractivity contribution is -0.152. The average Bonchev–Trinajstić information content (AvgIpc) is 2.44. The van der Waals surface area contributed by atoms with Crippen LogP contribution in [-0.4, -0.2) is 18.5 Å². The summed E-state index contributed by atoms with van der Waals surface area (Å²) in [5, 5.41) is 2.26. The molecule has 1 amide bonds. The summed E-state index contributed by atoms with van der Waals surface area (Å²) in [6, 6.07) is 6.22. The molecular formula is C12H13NO4. The smallest absolute Gasteiger partial charge is 0.397 e. The van der Waals surface area contributed by atoms with E-state index < -0.39 is 11.9 Å². The second kappa shape index (κ2) is 5.79. The molecule has 1 rings (SSSR count). The molecule has 0 fully saturated rings. The van der Waals surface area contributed by atoms with Crippen LogP contribution in [0, 0.1) is 6.92 Å². The third-order valence-electron chi connectivity index (χ3n) is 2.05. The molecule has 5 heteroatoms. The van der Waals surface area contributed by atoms with Gasteiger partial charge in [0.25, 0.3) is 0 Å². The van der Waals surface area contributed by atoms with Gasteiger partial charge in [0.05, 0.1) is 12.3 Å². The summed E-state index contributed by atoms with van der Waals surface area (Å²) in [6.45, 7) is 3.37. The minimum absolute atomic E-state index is 0.0908. The van der Waals surface area contributed by atoms with Gasteiger partial charge in [0.1, 0.15) is 0 Å². The molecule has 0 spiro atoms. The summed E-state index contributed by atoms with van der Waals surface area (Å²) in [7, 11) is 0. The van der Waals surface area contributed by atoms with Crippen LogP contribution in [-0.2, 0) is 14.3 Å². The molecule has 0 atom stereocenters. The molecule has 17 heavy (non-hydrogen) atoms. The van der Waals surface area contributed by atoms with E-state index in [1.165, 1.54) is 6.07 Å². The minimum Gasteiger partial charge on any atom is -0.459 e. The number of ether oxygens (including phenoxy) is 1. The molecule has 5 nitrogen and oxygen atoms in total. The molecule has 1 aromatic carbocycles. The molecule has 1 N–H and O–H groups in total. The Balaban J connectivity index is 2.98. The second-order valence-corrected chi connectivity index (χ2v) is 3.32. The van der Waals surface area contributed by atoms with Gasteiger partial charge in [-0.3, -0.25) is 9.59 Å². The van der Waals surface area contributed by atoms with Gasteiger partial charge >= 0.3 is 11.9 Å². The Kier molecular flexibility index (Phi) is 4.39. The lowest BCUT2D eigenvalue weighted by Gasteiger charge is -2.04. The summed E-state index contributed by atoms with van der Waals surface area (Å²) in [5.41, 5.74) is 0.316. The highest BCUT2D eigenvalue weighted by molar-refractivity contribution is 6.37. The Bertz CT molecular complexity index is 496. The first-order valence-electron chi connectivity index (χ1n) is 5.14. The van der Waals surface area contributed by atoms with Crippen molar-refractivity contribution in [1.82, 2.24) is 0 Å². The Morgan fingerprint density at radius 3 is 2.59 bits per heavy atom. The first kappa shape index (κ1) is 12.9. The predicted molar refractivity (Wildman–Crippen MR) is 62.7 cm³/mol. The van der Waals surface area contributed by atoms with Crippen LogP contribution in [0.2, 0.25) is 0 Å². The van der Waals surface area contributed by atoms with Gasteiger partial charge in [-0.15, -0.1) is 0 Å². The molecular weight excluding hydrogens is 222 g/mol. The molecule has 0 bridgehead atoms. The van der Waals surface area contributed by atoms with E-state index in [0.29, 0.717) is 5.56 Å². The van der Waals surface area contributed by atoms with Crippen molar-refractivity contribution in [3.63, 3.8) is 0 Å². The minimum atomic E-state index is -1.00. The molecule has 0 aliphatic rings. The molecule has 90 valence electrons. The zero-order valence-electron chi connectivity index (χ0n) is 9.65. The van der Waals surface area contributed by atoms with Crippen LogP contribution in [0.4, 0.5) is 5.69 Å². The topological polar surface area (TPSA) is 72.5 Å². The highest BCUT2D eigenvalue weighted by atomic mass is 16.5. The number of hydrogen-bond acceptors (Lipinski definition) is 4. The number of hydrogen-bond donors (Lipinski definition) is 1. The second-order valence-electron chi connectivity index (χ2n) is 3.32. The normalized spacial score (nSPS) is 9.53. The maximum Gasteiger partial charge on any atom is 0.397 e. The van der Waals surface area contributed by atoms with Gasteiger partial charge in [-0.05, 0) is 25.5 Å². The number of carbonyl (C=O) groups is 2. The number of amides is 1. The van der Waals surface area contributed by atoms with Crippen molar-refractivity contribution >= 4 is 17.6 Å². The summed E-state index contributed by atoms with van der Waals surface area (Å²) in [4.78, 5) is 34.1. The van der Waals surface area contributed by atoms with Crippen LogP contribution in [0.1, 0.15) is 12.5 Å². The van der Waals surface area contributed by atoms with Crippen molar-refractivity contribution in [2.45, 2.75) is 13.8 Å². The quantitative estimate of drug-likeness (QED) is 0.609. The molecule has 0 radical (unpaired) electrons. The summed E-state index contributed by atoms with van der Waals surface area (Å²) >= 11 is 0. The average molecular weight is 235 g/mol. The standard InChI is InChI=1S/C12H13NO4/c1-3-17-12(16)11(15)13-10-8(2)6-4-5-7-9(10)14/h4-7H,3H2,1-2H3,(H,13,14,15). The highest BCUT2D eigenvalue weighted by Gasteiger charge is 2.16. The first-order valence-corrected chi connectivity index (χ1v) is 5.14. The third kappa shape index (κ3) is 3.41. The Labute approximate surface area is 98.4 Å². The van der Waals surface area contributed by atoms with Gasteiger partial charge in [-0.1, -0.05) is 18.2 Å². The van der Waals surface area contributed by atoms with Crippen molar-refractivity contribution in [3.05, 3.63) is 40.1 Å². The molecule has 0 unspecified atom stereocenters. The van der Waals surface area contributed by atoms with E-state index in [9.17, 15) is 14.4 Å². The maximum absolute atomic E-state index is 11.6. The third-order valence-corrected chi connectivity index (χ3v) is 2.05. The van der Waals surface area contributed by atoms with Crippen molar-refractivity contribution in [2.24, 2.45) is 0 Å². The predicted octanol–water partition coefficient (Wildman–Crippen LogP) is 0.857. The van der Waals surface area contributed by atoms with Crippen LogP contribution >= 0.6 is 0 Å². The first-order chi connectivity index (χ1) is 8.06. The number of anilines is 1. The summed E-state index contributed by atoms with van der Waals surface area (Å²) < 4.78 is 4.53. The van der Waals surface area contributed by atoms with Crippen molar-refractivity contribution in [3.8, 4) is 0 Å². The number of rotatable bonds is 2. The number of aryl methyl sites for hydroxylation is 1. The number of carbonyl (C=O) groups excluding carboxylic acids is 2. The van der Waals surface area contributed by atoms with Gasteiger partial charge < -0.3 is 10.1 Å². The molecule has 0 saturated heterocycles. The van der Waals surface area contributed by atoms with E-state index in [2.05, 4.69) is 10.1 Å². The fourth-order valence-electron chi connectivity index (χ4n) is 1.23. The van der Waals surface area contributed by atoms with Crippen molar-refractivity contribution < 1.29 is 14.3 Å². The fraction of sp³-hybridized carbons (Fsp3) is 0.250. The van der Waals surface area contributed by atoms with Crippen LogP contribution in [0.5, 0.6) is 0 Å². The van der Waals surface area contributed by atoms with Crippen LogP contribution < -0.4 is 10.7 Å². The van der Waals surface area contributed by atoms with E-state index in [-0.39, 0.29) is 17.7 Å². The monoisotopic (exact) mass is 235 g/mol. The Morgan fingerprint density at radius 1 is 1.29 bits per heavy atom. The maximum atomic E-state index is 11.6. The molecule has 0 heterocycles. The molecule has 0 aliphatic heterocycles. The van der Waals surface area contributed by atoms with Crippen LogP contribution in [0.3, 0.4) is 0 Å². The number of esters is 1. The van der Waals surface area contributed by atoms with E-state index >= 15 is 0 Å². The van der Waals surface area contributed by atoms with E-state index in [4.69, 9.17) is 0 Å². The molecule has 0 aromatic heterocycles. The fourth-order valence-corrected chi connectivity index (χ4v) is 1.23. The molecule has 0 aliphatic carbocycles. The molecule has 1 aromatic rings. The summed E-state index contributed by atoms with van der Waals surface area (Å²) in [5.74, 6) is -1.95. The van der Waals surface area contributed by atoms with Crippen molar-refractivity contribution in [1.29, 1.82) is 0 Å².